The summed E-state index contributed by atoms with van der Waals surface area (Å²) in [7, 11) is 0. The standard InChI is InChI=1S/C15H22O4/c1-4-5-8-18-15(17)10-19-14-9-11(2)6-7-13(14)12(3)16/h6-7,9,12,16H,4-5,8,10H2,1-3H3. The van der Waals surface area contributed by atoms with Crippen molar-refractivity contribution in [3.05, 3.63) is 29.3 Å². The first-order valence-corrected chi connectivity index (χ1v) is 6.61. The van der Waals surface area contributed by atoms with Gasteiger partial charge in [-0.1, -0.05) is 25.5 Å². The Morgan fingerprint density at radius 2 is 2.16 bits per heavy atom. The molecule has 1 rings (SSSR count). The fourth-order valence-electron chi connectivity index (χ4n) is 1.62. The van der Waals surface area contributed by atoms with Crippen molar-refractivity contribution in [1.82, 2.24) is 0 Å². The summed E-state index contributed by atoms with van der Waals surface area (Å²) in [5, 5.41) is 9.64. The number of esters is 1. The fourth-order valence-corrected chi connectivity index (χ4v) is 1.62. The largest absolute Gasteiger partial charge is 0.482 e. The van der Waals surface area contributed by atoms with Crippen LogP contribution in [0.15, 0.2) is 18.2 Å². The molecule has 0 heterocycles. The molecule has 0 saturated carbocycles. The van der Waals surface area contributed by atoms with Crippen LogP contribution in [0.3, 0.4) is 0 Å². The van der Waals surface area contributed by atoms with Crippen LogP contribution in [-0.4, -0.2) is 24.3 Å². The monoisotopic (exact) mass is 266 g/mol. The molecule has 0 aliphatic heterocycles. The van der Waals surface area contributed by atoms with E-state index >= 15 is 0 Å². The predicted octanol–water partition coefficient (Wildman–Crippen LogP) is 2.77. The average Bonchev–Trinajstić information content (AvgIpc) is 2.36. The summed E-state index contributed by atoms with van der Waals surface area (Å²) < 4.78 is 10.4. The number of hydrogen-bond acceptors (Lipinski definition) is 4. The van der Waals surface area contributed by atoms with E-state index in [0.717, 1.165) is 18.4 Å². The topological polar surface area (TPSA) is 55.8 Å². The van der Waals surface area contributed by atoms with E-state index in [4.69, 9.17) is 9.47 Å². The molecule has 0 aliphatic carbocycles. The first kappa shape index (κ1) is 15.5. The maximum atomic E-state index is 11.4. The first-order chi connectivity index (χ1) is 9.04. The lowest BCUT2D eigenvalue weighted by atomic mass is 10.1. The van der Waals surface area contributed by atoms with Crippen LogP contribution in [0.2, 0.25) is 0 Å². The van der Waals surface area contributed by atoms with Crippen LogP contribution >= 0.6 is 0 Å². The van der Waals surface area contributed by atoms with Gasteiger partial charge in [0.2, 0.25) is 0 Å². The van der Waals surface area contributed by atoms with Gasteiger partial charge in [-0.3, -0.25) is 0 Å². The number of aliphatic hydroxyl groups excluding tert-OH is 1. The molecule has 0 fully saturated rings. The van der Waals surface area contributed by atoms with Crippen molar-refractivity contribution in [1.29, 1.82) is 0 Å². The van der Waals surface area contributed by atoms with Gasteiger partial charge < -0.3 is 14.6 Å². The normalized spacial score (nSPS) is 12.0. The molecular weight excluding hydrogens is 244 g/mol. The first-order valence-electron chi connectivity index (χ1n) is 6.61. The van der Waals surface area contributed by atoms with Gasteiger partial charge >= 0.3 is 5.97 Å². The van der Waals surface area contributed by atoms with Gasteiger partial charge in [-0.05, 0) is 31.9 Å². The van der Waals surface area contributed by atoms with E-state index in [1.807, 2.05) is 19.9 Å². The van der Waals surface area contributed by atoms with Crippen molar-refractivity contribution in [3.63, 3.8) is 0 Å². The molecule has 0 spiro atoms. The minimum absolute atomic E-state index is 0.132. The Kier molecular flexibility index (Phi) is 6.36. The maximum absolute atomic E-state index is 11.4. The highest BCUT2D eigenvalue weighted by Crippen LogP contribution is 2.26. The van der Waals surface area contributed by atoms with Crippen molar-refractivity contribution in [3.8, 4) is 5.75 Å². The molecule has 0 bridgehead atoms. The molecule has 0 amide bonds. The molecule has 1 unspecified atom stereocenters. The van der Waals surface area contributed by atoms with E-state index in [2.05, 4.69) is 0 Å². The number of carbonyl (C=O) groups excluding carboxylic acids is 1. The third-order valence-corrected chi connectivity index (χ3v) is 2.73. The number of benzene rings is 1. The van der Waals surface area contributed by atoms with Crippen molar-refractivity contribution in [2.24, 2.45) is 0 Å². The highest BCUT2D eigenvalue weighted by atomic mass is 16.6. The van der Waals surface area contributed by atoms with Gasteiger partial charge in [0.05, 0.1) is 12.7 Å². The van der Waals surface area contributed by atoms with Gasteiger partial charge in [0.1, 0.15) is 5.75 Å². The van der Waals surface area contributed by atoms with E-state index in [0.29, 0.717) is 17.9 Å². The zero-order valence-electron chi connectivity index (χ0n) is 11.8. The molecule has 0 saturated heterocycles. The molecule has 4 heteroatoms. The van der Waals surface area contributed by atoms with Crippen molar-refractivity contribution >= 4 is 5.97 Å². The number of aryl methyl sites for hydroxylation is 1. The summed E-state index contributed by atoms with van der Waals surface area (Å²) in [6.45, 7) is 5.92. The van der Waals surface area contributed by atoms with Gasteiger partial charge in [0, 0.05) is 5.56 Å². The minimum atomic E-state index is -0.633. The summed E-state index contributed by atoms with van der Waals surface area (Å²) >= 11 is 0. The van der Waals surface area contributed by atoms with Crippen LogP contribution in [0.5, 0.6) is 5.75 Å². The molecule has 1 aromatic carbocycles. The fraction of sp³-hybridized carbons (Fsp3) is 0.533. The summed E-state index contributed by atoms with van der Waals surface area (Å²) in [5.74, 6) is 0.147. The van der Waals surface area contributed by atoms with Gasteiger partial charge in [-0.2, -0.15) is 0 Å². The van der Waals surface area contributed by atoms with Crippen molar-refractivity contribution < 1.29 is 19.4 Å². The Morgan fingerprint density at radius 3 is 2.79 bits per heavy atom. The summed E-state index contributed by atoms with van der Waals surface area (Å²) in [4.78, 5) is 11.4. The smallest absolute Gasteiger partial charge is 0.344 e. The number of ether oxygens (including phenoxy) is 2. The Balaban J connectivity index is 2.56. The maximum Gasteiger partial charge on any atom is 0.344 e. The second-order valence-corrected chi connectivity index (χ2v) is 4.58. The average molecular weight is 266 g/mol. The third kappa shape index (κ3) is 5.30. The summed E-state index contributed by atoms with van der Waals surface area (Å²) in [5.41, 5.74) is 1.69. The molecule has 19 heavy (non-hydrogen) atoms. The van der Waals surface area contributed by atoms with Gasteiger partial charge in [0.25, 0.3) is 0 Å². The Labute approximate surface area is 114 Å². The zero-order chi connectivity index (χ0) is 14.3. The van der Waals surface area contributed by atoms with Crippen LogP contribution < -0.4 is 4.74 Å². The molecule has 1 atom stereocenters. The lowest BCUT2D eigenvalue weighted by Crippen LogP contribution is -2.16. The molecule has 1 aromatic rings. The SMILES string of the molecule is CCCCOC(=O)COc1cc(C)ccc1C(C)O. The lowest BCUT2D eigenvalue weighted by Gasteiger charge is -2.13. The van der Waals surface area contributed by atoms with Crippen LogP contribution in [0.4, 0.5) is 0 Å². The number of hydrogen-bond donors (Lipinski definition) is 1. The zero-order valence-corrected chi connectivity index (χ0v) is 11.8. The Morgan fingerprint density at radius 1 is 1.42 bits per heavy atom. The summed E-state index contributed by atoms with van der Waals surface area (Å²) in [6.07, 6.45) is 1.21. The van der Waals surface area contributed by atoms with E-state index in [1.165, 1.54) is 0 Å². The molecule has 1 N–H and O–H groups in total. The second kappa shape index (κ2) is 7.79. The molecule has 0 radical (unpaired) electrons. The molecule has 0 aromatic heterocycles. The van der Waals surface area contributed by atoms with E-state index in [-0.39, 0.29) is 12.6 Å². The number of carbonyl (C=O) groups is 1. The molecular formula is C15H22O4. The van der Waals surface area contributed by atoms with E-state index in [1.54, 1.807) is 19.1 Å². The van der Waals surface area contributed by atoms with Crippen LogP contribution in [-0.2, 0) is 9.53 Å². The van der Waals surface area contributed by atoms with Crippen molar-refractivity contribution in [2.75, 3.05) is 13.2 Å². The Bertz CT molecular complexity index is 413. The van der Waals surface area contributed by atoms with Gasteiger partial charge in [-0.25, -0.2) is 4.79 Å². The van der Waals surface area contributed by atoms with Gasteiger partial charge in [0.15, 0.2) is 6.61 Å². The lowest BCUT2D eigenvalue weighted by molar-refractivity contribution is -0.146. The van der Waals surface area contributed by atoms with E-state index in [9.17, 15) is 9.90 Å². The van der Waals surface area contributed by atoms with Gasteiger partial charge in [-0.15, -0.1) is 0 Å². The van der Waals surface area contributed by atoms with Crippen LogP contribution in [0.1, 0.15) is 43.9 Å². The minimum Gasteiger partial charge on any atom is -0.482 e. The van der Waals surface area contributed by atoms with Crippen molar-refractivity contribution in [2.45, 2.75) is 39.7 Å². The highest BCUT2D eigenvalue weighted by Gasteiger charge is 2.11. The molecule has 106 valence electrons. The summed E-state index contributed by atoms with van der Waals surface area (Å²) in [6, 6.07) is 5.51. The Hall–Kier alpha value is -1.55. The number of unbranched alkanes of at least 4 members (excludes halogenated alkanes) is 1. The van der Waals surface area contributed by atoms with E-state index < -0.39 is 6.10 Å². The quantitative estimate of drug-likeness (QED) is 0.609. The highest BCUT2D eigenvalue weighted by molar-refractivity contribution is 5.71. The second-order valence-electron chi connectivity index (χ2n) is 4.58. The third-order valence-electron chi connectivity index (χ3n) is 2.73. The number of rotatable bonds is 7. The number of aliphatic hydroxyl groups is 1. The molecule has 4 nitrogen and oxygen atoms in total. The predicted molar refractivity (Wildman–Crippen MR) is 73.2 cm³/mol. The molecule has 0 aliphatic rings. The van der Waals surface area contributed by atoms with Crippen LogP contribution in [0.25, 0.3) is 0 Å². The van der Waals surface area contributed by atoms with Crippen LogP contribution in [0, 0.1) is 6.92 Å².